The Morgan fingerprint density at radius 2 is 1.95 bits per heavy atom. The van der Waals surface area contributed by atoms with Crippen LogP contribution in [-0.4, -0.2) is 10.9 Å². The number of amides is 1. The van der Waals surface area contributed by atoms with Gasteiger partial charge in [-0.1, -0.05) is 12.1 Å². The minimum atomic E-state index is -0.303. The molecule has 1 aromatic heterocycles. The van der Waals surface area contributed by atoms with Gasteiger partial charge in [-0.3, -0.25) is 4.79 Å². The fourth-order valence-corrected chi connectivity index (χ4v) is 1.64. The zero-order valence-electron chi connectivity index (χ0n) is 10.4. The van der Waals surface area contributed by atoms with E-state index in [1.807, 2.05) is 6.92 Å². The highest BCUT2D eigenvalue weighted by molar-refractivity contribution is 5.92. The van der Waals surface area contributed by atoms with Crippen molar-refractivity contribution in [2.24, 2.45) is 0 Å². The molecule has 1 amide bonds. The van der Waals surface area contributed by atoms with E-state index >= 15 is 0 Å². The zero-order valence-corrected chi connectivity index (χ0v) is 10.4. The molecule has 4 nitrogen and oxygen atoms in total. The number of anilines is 1. The lowest BCUT2D eigenvalue weighted by atomic mass is 10.1. The maximum absolute atomic E-state index is 12.8. The number of rotatable bonds is 3. The average Bonchev–Trinajstić information content (AvgIpc) is 2.40. The van der Waals surface area contributed by atoms with Crippen LogP contribution in [0.5, 0.6) is 0 Å². The molecule has 0 radical (unpaired) electrons. The Balaban J connectivity index is 2.06. The number of benzene rings is 1. The van der Waals surface area contributed by atoms with E-state index in [9.17, 15) is 9.18 Å². The van der Waals surface area contributed by atoms with E-state index in [0.29, 0.717) is 11.4 Å². The first kappa shape index (κ1) is 13.0. The van der Waals surface area contributed by atoms with Crippen LogP contribution >= 0.6 is 0 Å². The van der Waals surface area contributed by atoms with Crippen molar-refractivity contribution in [3.63, 3.8) is 0 Å². The SMILES string of the molecule is C[C@H](NC(=O)c1ccc(N)cn1)c1ccc(F)cc1. The summed E-state index contributed by atoms with van der Waals surface area (Å²) in [5, 5.41) is 2.79. The monoisotopic (exact) mass is 259 g/mol. The van der Waals surface area contributed by atoms with Crippen LogP contribution in [0.15, 0.2) is 42.6 Å². The fraction of sp³-hybridized carbons (Fsp3) is 0.143. The molecule has 0 aliphatic heterocycles. The molecule has 0 bridgehead atoms. The third-order valence-corrected chi connectivity index (χ3v) is 2.74. The van der Waals surface area contributed by atoms with Crippen LogP contribution in [0, 0.1) is 5.82 Å². The highest BCUT2D eigenvalue weighted by atomic mass is 19.1. The number of carbonyl (C=O) groups excluding carboxylic acids is 1. The molecule has 2 rings (SSSR count). The number of hydrogen-bond donors (Lipinski definition) is 2. The summed E-state index contributed by atoms with van der Waals surface area (Å²) in [4.78, 5) is 15.9. The molecule has 19 heavy (non-hydrogen) atoms. The van der Waals surface area contributed by atoms with Gasteiger partial charge in [-0.25, -0.2) is 9.37 Å². The molecule has 98 valence electrons. The summed E-state index contributed by atoms with van der Waals surface area (Å²) in [7, 11) is 0. The van der Waals surface area contributed by atoms with Gasteiger partial charge in [0.2, 0.25) is 0 Å². The molecule has 1 atom stereocenters. The molecule has 0 saturated carbocycles. The second-order valence-corrected chi connectivity index (χ2v) is 4.22. The number of hydrogen-bond acceptors (Lipinski definition) is 3. The van der Waals surface area contributed by atoms with Crippen LogP contribution in [0.1, 0.15) is 29.0 Å². The van der Waals surface area contributed by atoms with Gasteiger partial charge in [0.15, 0.2) is 0 Å². The van der Waals surface area contributed by atoms with Gasteiger partial charge in [0, 0.05) is 0 Å². The Kier molecular flexibility index (Phi) is 3.75. The molecule has 0 fully saturated rings. The normalized spacial score (nSPS) is 11.9. The molecule has 0 aliphatic carbocycles. The number of aromatic nitrogens is 1. The smallest absolute Gasteiger partial charge is 0.270 e. The van der Waals surface area contributed by atoms with E-state index < -0.39 is 0 Å². The zero-order chi connectivity index (χ0) is 13.8. The summed E-state index contributed by atoms with van der Waals surface area (Å²) >= 11 is 0. The Hall–Kier alpha value is -2.43. The first-order chi connectivity index (χ1) is 9.06. The molecule has 2 aromatic rings. The van der Waals surface area contributed by atoms with Crippen molar-refractivity contribution in [3.05, 3.63) is 59.7 Å². The topological polar surface area (TPSA) is 68.0 Å². The first-order valence-electron chi connectivity index (χ1n) is 5.84. The standard InChI is InChI=1S/C14H14FN3O/c1-9(10-2-4-11(15)5-3-10)18-14(19)13-7-6-12(16)8-17-13/h2-9H,16H2,1H3,(H,18,19)/t9-/m0/s1. The number of carbonyl (C=O) groups is 1. The van der Waals surface area contributed by atoms with E-state index in [1.54, 1.807) is 24.3 Å². The molecule has 5 heteroatoms. The lowest BCUT2D eigenvalue weighted by molar-refractivity contribution is 0.0935. The number of pyridine rings is 1. The summed E-state index contributed by atoms with van der Waals surface area (Å²) in [5.74, 6) is -0.598. The summed E-state index contributed by atoms with van der Waals surface area (Å²) in [5.41, 5.74) is 7.13. The van der Waals surface area contributed by atoms with Gasteiger partial charge in [0.05, 0.1) is 17.9 Å². The summed E-state index contributed by atoms with van der Waals surface area (Å²) in [6.07, 6.45) is 1.43. The summed E-state index contributed by atoms with van der Waals surface area (Å²) in [6, 6.07) is 8.94. The van der Waals surface area contributed by atoms with Gasteiger partial charge < -0.3 is 11.1 Å². The highest BCUT2D eigenvalue weighted by Gasteiger charge is 2.12. The van der Waals surface area contributed by atoms with Gasteiger partial charge in [0.1, 0.15) is 11.5 Å². The third-order valence-electron chi connectivity index (χ3n) is 2.74. The molecule has 1 aromatic carbocycles. The fourth-order valence-electron chi connectivity index (χ4n) is 1.64. The van der Waals surface area contributed by atoms with Crippen molar-refractivity contribution in [1.82, 2.24) is 10.3 Å². The summed E-state index contributed by atoms with van der Waals surface area (Å²) in [6.45, 7) is 1.82. The Morgan fingerprint density at radius 1 is 1.26 bits per heavy atom. The molecule has 0 aliphatic rings. The van der Waals surface area contributed by atoms with Crippen LogP contribution < -0.4 is 11.1 Å². The number of halogens is 1. The van der Waals surface area contributed by atoms with Gasteiger partial charge >= 0.3 is 0 Å². The van der Waals surface area contributed by atoms with Crippen LogP contribution in [0.4, 0.5) is 10.1 Å². The quantitative estimate of drug-likeness (QED) is 0.888. The molecule has 3 N–H and O–H groups in total. The second kappa shape index (κ2) is 5.48. The van der Waals surface area contributed by atoms with Crippen molar-refractivity contribution in [2.75, 3.05) is 5.73 Å². The lowest BCUT2D eigenvalue weighted by Crippen LogP contribution is -2.27. The van der Waals surface area contributed by atoms with Crippen molar-refractivity contribution in [3.8, 4) is 0 Å². The average molecular weight is 259 g/mol. The van der Waals surface area contributed by atoms with Crippen molar-refractivity contribution in [1.29, 1.82) is 0 Å². The number of nitrogen functional groups attached to an aromatic ring is 1. The molecule has 0 spiro atoms. The van der Waals surface area contributed by atoms with Crippen LogP contribution in [0.25, 0.3) is 0 Å². The lowest BCUT2D eigenvalue weighted by Gasteiger charge is -2.14. The number of nitrogens with one attached hydrogen (secondary N) is 1. The van der Waals surface area contributed by atoms with Gasteiger partial charge in [-0.05, 0) is 36.8 Å². The molecule has 0 unspecified atom stereocenters. The number of nitrogens with two attached hydrogens (primary N) is 1. The number of nitrogens with zero attached hydrogens (tertiary/aromatic N) is 1. The van der Waals surface area contributed by atoms with Crippen molar-refractivity contribution in [2.45, 2.75) is 13.0 Å². The van der Waals surface area contributed by atoms with Crippen molar-refractivity contribution >= 4 is 11.6 Å². The Labute approximate surface area is 110 Å². The maximum atomic E-state index is 12.8. The highest BCUT2D eigenvalue weighted by Crippen LogP contribution is 2.13. The Bertz CT molecular complexity index is 566. The molecular formula is C14H14FN3O. The molecular weight excluding hydrogens is 245 g/mol. The van der Waals surface area contributed by atoms with E-state index in [1.165, 1.54) is 18.3 Å². The minimum absolute atomic E-state index is 0.229. The summed E-state index contributed by atoms with van der Waals surface area (Å²) < 4.78 is 12.8. The predicted molar refractivity (Wildman–Crippen MR) is 70.9 cm³/mol. The molecule has 1 heterocycles. The molecule has 0 saturated heterocycles. The van der Waals surface area contributed by atoms with Crippen molar-refractivity contribution < 1.29 is 9.18 Å². The third kappa shape index (κ3) is 3.28. The minimum Gasteiger partial charge on any atom is -0.397 e. The van der Waals surface area contributed by atoms with Gasteiger partial charge in [-0.2, -0.15) is 0 Å². The van der Waals surface area contributed by atoms with E-state index in [0.717, 1.165) is 5.56 Å². The van der Waals surface area contributed by atoms with E-state index in [2.05, 4.69) is 10.3 Å². The largest absolute Gasteiger partial charge is 0.397 e. The predicted octanol–water partition coefficient (Wildman–Crippen LogP) is 2.29. The van der Waals surface area contributed by atoms with Crippen LogP contribution in [0.3, 0.4) is 0 Å². The van der Waals surface area contributed by atoms with Crippen LogP contribution in [0.2, 0.25) is 0 Å². The second-order valence-electron chi connectivity index (χ2n) is 4.22. The van der Waals surface area contributed by atoms with E-state index in [-0.39, 0.29) is 17.8 Å². The maximum Gasteiger partial charge on any atom is 0.270 e. The Morgan fingerprint density at radius 3 is 2.53 bits per heavy atom. The van der Waals surface area contributed by atoms with Gasteiger partial charge in [0.25, 0.3) is 5.91 Å². The first-order valence-corrected chi connectivity index (χ1v) is 5.84. The van der Waals surface area contributed by atoms with Crippen LogP contribution in [-0.2, 0) is 0 Å². The van der Waals surface area contributed by atoms with E-state index in [4.69, 9.17) is 5.73 Å². The van der Waals surface area contributed by atoms with Gasteiger partial charge in [-0.15, -0.1) is 0 Å².